The van der Waals surface area contributed by atoms with Crippen LogP contribution in [0, 0.1) is 0 Å². The second kappa shape index (κ2) is 12.5. The molecule has 0 bridgehead atoms. The molecule has 1 aliphatic heterocycles. The zero-order valence-electron chi connectivity index (χ0n) is 22.6. The Kier molecular flexibility index (Phi) is 8.71. The summed E-state index contributed by atoms with van der Waals surface area (Å²) in [6.45, 7) is 0.0508. The van der Waals surface area contributed by atoms with Gasteiger partial charge in [-0.05, 0) is 54.1 Å². The number of nitrogens with zero attached hydrogens (tertiary/aromatic N) is 4. The van der Waals surface area contributed by atoms with Gasteiger partial charge >= 0.3 is 6.18 Å². The predicted molar refractivity (Wildman–Crippen MR) is 160 cm³/mol. The maximum Gasteiger partial charge on any atom is 0.416 e. The Bertz CT molecular complexity index is 1820. The molecular formula is C28H25ClF3N7O3S. The molecule has 224 valence electrons. The number of hydrogen-bond acceptors (Lipinski definition) is 10. The van der Waals surface area contributed by atoms with Gasteiger partial charge < -0.3 is 15.5 Å². The number of aliphatic imine (C=N–C) groups is 1. The molecule has 0 radical (unpaired) electrons. The Morgan fingerprint density at radius 1 is 1.12 bits per heavy atom. The Hall–Kier alpha value is -4.40. The number of ether oxygens (including phenoxy) is 1. The van der Waals surface area contributed by atoms with Gasteiger partial charge in [-0.25, -0.2) is 18.4 Å². The summed E-state index contributed by atoms with van der Waals surface area (Å²) in [6, 6.07) is 15.4. The fraction of sp³-hybridized carbons (Fsp3) is 0.179. The molecule has 0 saturated heterocycles. The Morgan fingerprint density at radius 2 is 1.95 bits per heavy atom. The quantitative estimate of drug-likeness (QED) is 0.197. The first kappa shape index (κ1) is 30.1. The highest BCUT2D eigenvalue weighted by molar-refractivity contribution is 7.90. The zero-order valence-corrected chi connectivity index (χ0v) is 24.1. The lowest BCUT2D eigenvalue weighted by Crippen LogP contribution is -2.37. The zero-order chi connectivity index (χ0) is 30.6. The third-order valence-electron chi connectivity index (χ3n) is 6.19. The fourth-order valence-corrected chi connectivity index (χ4v) is 4.77. The minimum atomic E-state index is -4.44. The second-order valence-electron chi connectivity index (χ2n) is 9.51. The average Bonchev–Trinajstić information content (AvgIpc) is 3.43. The number of hydrogen-bond donors (Lipinski definition) is 3. The highest BCUT2D eigenvalue weighted by atomic mass is 35.5. The molecule has 15 heteroatoms. The van der Waals surface area contributed by atoms with Gasteiger partial charge in [0.1, 0.15) is 34.3 Å². The van der Waals surface area contributed by atoms with Crippen molar-refractivity contribution >= 4 is 55.7 Å². The monoisotopic (exact) mass is 631 g/mol. The summed E-state index contributed by atoms with van der Waals surface area (Å²) in [7, 11) is -3.11. The third-order valence-corrected chi connectivity index (χ3v) is 7.41. The maximum absolute atomic E-state index is 13.0. The van der Waals surface area contributed by atoms with Crippen molar-refractivity contribution in [2.75, 3.05) is 28.9 Å². The molecule has 0 amide bonds. The van der Waals surface area contributed by atoms with E-state index in [1.165, 1.54) is 12.4 Å². The largest absolute Gasteiger partial charge is 0.487 e. The van der Waals surface area contributed by atoms with E-state index < -0.39 is 21.6 Å². The number of halogens is 4. The van der Waals surface area contributed by atoms with Crippen LogP contribution >= 0.6 is 11.6 Å². The molecule has 10 nitrogen and oxygen atoms in total. The second-order valence-corrected chi connectivity index (χ2v) is 12.2. The number of benzene rings is 3. The number of nitrogens with one attached hydrogen (secondary N) is 3. The first-order valence-corrected chi connectivity index (χ1v) is 15.2. The van der Waals surface area contributed by atoms with Crippen molar-refractivity contribution in [2.24, 2.45) is 4.99 Å². The van der Waals surface area contributed by atoms with Crippen molar-refractivity contribution < 1.29 is 26.3 Å². The van der Waals surface area contributed by atoms with E-state index in [1.807, 2.05) is 18.2 Å². The lowest BCUT2D eigenvalue weighted by molar-refractivity contribution is -0.137. The molecule has 4 aromatic rings. The van der Waals surface area contributed by atoms with Gasteiger partial charge in [-0.2, -0.15) is 13.2 Å². The molecular weight excluding hydrogens is 607 g/mol. The maximum atomic E-state index is 13.0. The molecule has 0 atom stereocenters. The van der Waals surface area contributed by atoms with Gasteiger partial charge in [-0.3, -0.25) is 10.0 Å². The molecule has 0 unspecified atom stereocenters. The molecule has 2 heterocycles. The highest BCUT2D eigenvalue weighted by Crippen LogP contribution is 2.33. The lowest BCUT2D eigenvalue weighted by Gasteiger charge is -2.20. The van der Waals surface area contributed by atoms with Crippen LogP contribution in [0.5, 0.6) is 5.75 Å². The molecule has 0 spiro atoms. The molecule has 0 fully saturated rings. The smallest absolute Gasteiger partial charge is 0.416 e. The van der Waals surface area contributed by atoms with E-state index in [0.717, 1.165) is 24.1 Å². The van der Waals surface area contributed by atoms with Crippen LogP contribution in [0.1, 0.15) is 11.1 Å². The molecule has 43 heavy (non-hydrogen) atoms. The summed E-state index contributed by atoms with van der Waals surface area (Å²) in [5, 5.41) is 5.91. The average molecular weight is 632 g/mol. The summed E-state index contributed by atoms with van der Waals surface area (Å²) in [5.74, 6) is 0.761. The summed E-state index contributed by atoms with van der Waals surface area (Å²) in [5.41, 5.74) is 8.17. The van der Waals surface area contributed by atoms with Crippen molar-refractivity contribution in [3.8, 4) is 5.75 Å². The number of allylic oxidation sites excluding steroid dienone is 1. The van der Waals surface area contributed by atoms with Crippen LogP contribution in [0.15, 0.2) is 83.9 Å². The van der Waals surface area contributed by atoms with Crippen molar-refractivity contribution in [3.63, 3.8) is 0 Å². The summed E-state index contributed by atoms with van der Waals surface area (Å²) >= 11 is 6.44. The number of rotatable bonds is 10. The number of anilines is 3. The van der Waals surface area contributed by atoms with Crippen molar-refractivity contribution in [1.82, 2.24) is 20.9 Å². The molecule has 1 aromatic heterocycles. The Labute approximate surface area is 250 Å². The van der Waals surface area contributed by atoms with Gasteiger partial charge in [0.15, 0.2) is 0 Å². The summed E-state index contributed by atoms with van der Waals surface area (Å²) < 4.78 is 67.5. The standard InChI is InChI=1S/C28H25ClF3N7O3S/c1-43(40,41)10-9-33-14-22-15-36-38-39(22)21-6-7-25-23(13-21)27(35-17-34-25)37-20-5-8-26(24(29)12-20)42-16-18-3-2-4-19(11-18)28(30,31)32/h2-8,11-15,17,36,38H,9-10,16H2,1H3,(H,34,35,37). The number of aromatic nitrogens is 2. The molecule has 0 aliphatic carbocycles. The van der Waals surface area contributed by atoms with Crippen LogP contribution in [0.2, 0.25) is 5.02 Å². The SMILES string of the molecule is CS(=O)(=O)CCN=CC1=CNNN1c1ccc2ncnc(Nc3ccc(OCc4cccc(C(F)(F)F)c4)c(Cl)c3)c2c1. The minimum Gasteiger partial charge on any atom is -0.487 e. The minimum absolute atomic E-state index is 0.0487. The van der Waals surface area contributed by atoms with Crippen LogP contribution in [0.3, 0.4) is 0 Å². The van der Waals surface area contributed by atoms with Gasteiger partial charge in [0.05, 0.1) is 39.8 Å². The van der Waals surface area contributed by atoms with Gasteiger partial charge in [0, 0.05) is 29.7 Å². The molecule has 3 N–H and O–H groups in total. The van der Waals surface area contributed by atoms with Crippen molar-refractivity contribution in [1.29, 1.82) is 0 Å². The molecule has 0 saturated carbocycles. The van der Waals surface area contributed by atoms with Crippen molar-refractivity contribution in [3.05, 3.63) is 95.0 Å². The van der Waals surface area contributed by atoms with Crippen LogP contribution in [-0.4, -0.2) is 43.2 Å². The van der Waals surface area contributed by atoms with Gasteiger partial charge in [0.25, 0.3) is 0 Å². The van der Waals surface area contributed by atoms with E-state index in [4.69, 9.17) is 16.3 Å². The van der Waals surface area contributed by atoms with Gasteiger partial charge in [-0.1, -0.05) is 23.7 Å². The molecule has 3 aromatic carbocycles. The van der Waals surface area contributed by atoms with E-state index in [1.54, 1.807) is 41.7 Å². The molecule has 1 aliphatic rings. The highest BCUT2D eigenvalue weighted by Gasteiger charge is 2.30. The lowest BCUT2D eigenvalue weighted by atomic mass is 10.1. The van der Waals surface area contributed by atoms with Crippen LogP contribution in [-0.2, 0) is 22.6 Å². The van der Waals surface area contributed by atoms with Crippen LogP contribution in [0.4, 0.5) is 30.4 Å². The van der Waals surface area contributed by atoms with E-state index in [0.29, 0.717) is 39.4 Å². The van der Waals surface area contributed by atoms with Gasteiger partial charge in [0.2, 0.25) is 0 Å². The van der Waals surface area contributed by atoms with E-state index in [2.05, 4.69) is 31.2 Å². The summed E-state index contributed by atoms with van der Waals surface area (Å²) in [4.78, 5) is 12.9. The van der Waals surface area contributed by atoms with E-state index in [9.17, 15) is 21.6 Å². The fourth-order valence-electron chi connectivity index (χ4n) is 4.10. The first-order valence-electron chi connectivity index (χ1n) is 12.8. The predicted octanol–water partition coefficient (Wildman–Crippen LogP) is 5.41. The number of fused-ring (bicyclic) bond motifs is 1. The molecule has 5 rings (SSSR count). The third kappa shape index (κ3) is 7.71. The van der Waals surface area contributed by atoms with Crippen LogP contribution in [0.25, 0.3) is 10.9 Å². The summed E-state index contributed by atoms with van der Waals surface area (Å²) in [6.07, 6.45) is 1.41. The van der Waals surface area contributed by atoms with Crippen LogP contribution < -0.4 is 26.0 Å². The topological polar surface area (TPSA) is 121 Å². The number of hydrazine groups is 2. The van der Waals surface area contributed by atoms with Gasteiger partial charge in [-0.15, -0.1) is 5.53 Å². The Morgan fingerprint density at radius 3 is 2.72 bits per heavy atom. The van der Waals surface area contributed by atoms with E-state index >= 15 is 0 Å². The number of alkyl halides is 3. The van der Waals surface area contributed by atoms with E-state index in [-0.39, 0.29) is 23.9 Å². The number of sulfone groups is 1. The van der Waals surface area contributed by atoms with Crippen molar-refractivity contribution in [2.45, 2.75) is 12.8 Å². The Balaban J connectivity index is 1.30. The first-order chi connectivity index (χ1) is 20.5. The normalized spacial score (nSPS) is 13.8.